The van der Waals surface area contributed by atoms with Gasteiger partial charge in [0, 0.05) is 6.42 Å². The Bertz CT molecular complexity index is 470. The highest BCUT2D eigenvalue weighted by Crippen LogP contribution is 2.10. The molecule has 1 aromatic heterocycles. The monoisotopic (exact) mass is 221 g/mol. The normalized spacial score (nSPS) is 10.6. The van der Waals surface area contributed by atoms with Gasteiger partial charge in [0.25, 0.3) is 0 Å². The van der Waals surface area contributed by atoms with Crippen molar-refractivity contribution in [1.82, 2.24) is 15.5 Å². The van der Waals surface area contributed by atoms with Crippen molar-refractivity contribution in [3.63, 3.8) is 0 Å². The SMILES string of the molecule is CNCc1nc(Cc2ccccc2F)no1. The van der Waals surface area contributed by atoms with E-state index < -0.39 is 0 Å². The van der Waals surface area contributed by atoms with Gasteiger partial charge in [-0.25, -0.2) is 4.39 Å². The standard InChI is InChI=1S/C11H12FN3O/c1-13-7-11-14-10(15-16-11)6-8-4-2-3-5-9(8)12/h2-5,13H,6-7H2,1H3. The Morgan fingerprint density at radius 1 is 1.38 bits per heavy atom. The Morgan fingerprint density at radius 3 is 2.94 bits per heavy atom. The molecule has 1 N–H and O–H groups in total. The van der Waals surface area contributed by atoms with Gasteiger partial charge in [-0.2, -0.15) is 4.98 Å². The summed E-state index contributed by atoms with van der Waals surface area (Å²) in [6.45, 7) is 0.518. The average Bonchev–Trinajstić information content (AvgIpc) is 2.70. The summed E-state index contributed by atoms with van der Waals surface area (Å²) in [5.41, 5.74) is 0.569. The lowest BCUT2D eigenvalue weighted by Gasteiger charge is -1.97. The number of halogens is 1. The van der Waals surface area contributed by atoms with Gasteiger partial charge in [-0.15, -0.1) is 0 Å². The van der Waals surface area contributed by atoms with E-state index in [9.17, 15) is 4.39 Å². The van der Waals surface area contributed by atoms with Crippen molar-refractivity contribution in [3.8, 4) is 0 Å². The van der Waals surface area contributed by atoms with Crippen LogP contribution in [0.15, 0.2) is 28.8 Å². The number of nitrogens with zero attached hydrogens (tertiary/aromatic N) is 2. The highest BCUT2D eigenvalue weighted by molar-refractivity contribution is 5.20. The molecule has 0 saturated carbocycles. The Morgan fingerprint density at radius 2 is 2.19 bits per heavy atom. The molecule has 84 valence electrons. The molecular weight excluding hydrogens is 209 g/mol. The topological polar surface area (TPSA) is 51.0 Å². The second-order valence-corrected chi connectivity index (χ2v) is 3.40. The van der Waals surface area contributed by atoms with Crippen LogP contribution >= 0.6 is 0 Å². The minimum absolute atomic E-state index is 0.248. The first kappa shape index (κ1) is 10.8. The molecule has 2 aromatic rings. The minimum Gasteiger partial charge on any atom is -0.338 e. The maximum Gasteiger partial charge on any atom is 0.240 e. The molecule has 0 bridgehead atoms. The van der Waals surface area contributed by atoms with E-state index in [1.807, 2.05) is 0 Å². The van der Waals surface area contributed by atoms with Crippen LogP contribution in [0, 0.1) is 5.82 Å². The van der Waals surface area contributed by atoms with Gasteiger partial charge in [-0.3, -0.25) is 0 Å². The van der Waals surface area contributed by atoms with Crippen molar-refractivity contribution in [1.29, 1.82) is 0 Å². The highest BCUT2D eigenvalue weighted by Gasteiger charge is 2.08. The van der Waals surface area contributed by atoms with E-state index in [-0.39, 0.29) is 5.82 Å². The molecule has 5 heteroatoms. The predicted molar refractivity (Wildman–Crippen MR) is 56.3 cm³/mol. The third kappa shape index (κ3) is 2.43. The molecule has 0 amide bonds. The van der Waals surface area contributed by atoms with Crippen molar-refractivity contribution < 1.29 is 8.91 Å². The number of aromatic nitrogens is 2. The Kier molecular flexibility index (Phi) is 3.26. The van der Waals surface area contributed by atoms with Gasteiger partial charge in [0.15, 0.2) is 5.82 Å². The van der Waals surface area contributed by atoms with E-state index in [0.29, 0.717) is 30.2 Å². The summed E-state index contributed by atoms with van der Waals surface area (Å²) >= 11 is 0. The third-order valence-electron chi connectivity index (χ3n) is 2.14. The smallest absolute Gasteiger partial charge is 0.240 e. The minimum atomic E-state index is -0.248. The van der Waals surface area contributed by atoms with Gasteiger partial charge in [-0.1, -0.05) is 23.4 Å². The molecule has 0 radical (unpaired) electrons. The molecule has 0 unspecified atom stereocenters. The van der Waals surface area contributed by atoms with Crippen LogP contribution in [-0.4, -0.2) is 17.2 Å². The predicted octanol–water partition coefficient (Wildman–Crippen LogP) is 1.52. The fourth-order valence-corrected chi connectivity index (χ4v) is 1.40. The van der Waals surface area contributed by atoms with Crippen LogP contribution in [0.25, 0.3) is 0 Å². The van der Waals surface area contributed by atoms with Crippen molar-refractivity contribution in [2.75, 3.05) is 7.05 Å². The second-order valence-electron chi connectivity index (χ2n) is 3.40. The third-order valence-corrected chi connectivity index (χ3v) is 2.14. The molecule has 0 aliphatic rings. The Hall–Kier alpha value is -1.75. The van der Waals surface area contributed by atoms with E-state index in [0.717, 1.165) is 0 Å². The zero-order chi connectivity index (χ0) is 11.4. The van der Waals surface area contributed by atoms with Crippen molar-refractivity contribution in [2.24, 2.45) is 0 Å². The van der Waals surface area contributed by atoms with E-state index in [2.05, 4.69) is 15.5 Å². The zero-order valence-electron chi connectivity index (χ0n) is 8.90. The van der Waals surface area contributed by atoms with Crippen molar-refractivity contribution in [3.05, 3.63) is 47.4 Å². The maximum absolute atomic E-state index is 13.3. The average molecular weight is 221 g/mol. The van der Waals surface area contributed by atoms with E-state index >= 15 is 0 Å². The van der Waals surface area contributed by atoms with Gasteiger partial charge >= 0.3 is 0 Å². The van der Waals surface area contributed by atoms with Gasteiger partial charge in [-0.05, 0) is 18.7 Å². The molecule has 16 heavy (non-hydrogen) atoms. The Labute approximate surface area is 92.5 Å². The van der Waals surface area contributed by atoms with Crippen LogP contribution in [-0.2, 0) is 13.0 Å². The second kappa shape index (κ2) is 4.85. The maximum atomic E-state index is 13.3. The highest BCUT2D eigenvalue weighted by atomic mass is 19.1. The van der Waals surface area contributed by atoms with Gasteiger partial charge < -0.3 is 9.84 Å². The van der Waals surface area contributed by atoms with Crippen LogP contribution < -0.4 is 5.32 Å². The molecule has 0 fully saturated rings. The largest absolute Gasteiger partial charge is 0.338 e. The van der Waals surface area contributed by atoms with Crippen LogP contribution in [0.2, 0.25) is 0 Å². The summed E-state index contributed by atoms with van der Waals surface area (Å²) in [4.78, 5) is 4.13. The van der Waals surface area contributed by atoms with Gasteiger partial charge in [0.05, 0.1) is 6.54 Å². The van der Waals surface area contributed by atoms with Crippen LogP contribution in [0.1, 0.15) is 17.3 Å². The number of hydrogen-bond acceptors (Lipinski definition) is 4. The molecule has 0 atom stereocenters. The number of hydrogen-bond donors (Lipinski definition) is 1. The molecule has 0 aliphatic carbocycles. The fourth-order valence-electron chi connectivity index (χ4n) is 1.40. The lowest BCUT2D eigenvalue weighted by molar-refractivity contribution is 0.367. The summed E-state index contributed by atoms with van der Waals surface area (Å²) in [5.74, 6) is 0.756. The molecule has 1 heterocycles. The van der Waals surface area contributed by atoms with E-state index in [1.165, 1.54) is 6.07 Å². The first-order valence-electron chi connectivity index (χ1n) is 4.99. The first-order valence-corrected chi connectivity index (χ1v) is 4.99. The van der Waals surface area contributed by atoms with Crippen LogP contribution in [0.5, 0.6) is 0 Å². The number of nitrogens with one attached hydrogen (secondary N) is 1. The summed E-state index contributed by atoms with van der Waals surface area (Å²) in [5, 5.41) is 6.68. The molecule has 0 aliphatic heterocycles. The number of rotatable bonds is 4. The summed E-state index contributed by atoms with van der Waals surface area (Å²) in [7, 11) is 1.79. The molecule has 0 spiro atoms. The molecule has 0 saturated heterocycles. The first-order chi connectivity index (χ1) is 7.79. The number of benzene rings is 1. The van der Waals surface area contributed by atoms with Gasteiger partial charge in [0.1, 0.15) is 5.82 Å². The fraction of sp³-hybridized carbons (Fsp3) is 0.273. The van der Waals surface area contributed by atoms with Crippen molar-refractivity contribution in [2.45, 2.75) is 13.0 Å². The van der Waals surface area contributed by atoms with E-state index in [1.54, 1.807) is 25.2 Å². The van der Waals surface area contributed by atoms with Crippen molar-refractivity contribution >= 4 is 0 Å². The Balaban J connectivity index is 2.11. The van der Waals surface area contributed by atoms with Crippen LogP contribution in [0.3, 0.4) is 0 Å². The summed E-state index contributed by atoms with van der Waals surface area (Å²) in [6, 6.07) is 6.57. The molecule has 1 aromatic carbocycles. The van der Waals surface area contributed by atoms with E-state index in [4.69, 9.17) is 4.52 Å². The molecule has 4 nitrogen and oxygen atoms in total. The molecule has 2 rings (SSSR count). The summed E-state index contributed by atoms with van der Waals surface area (Å²) in [6.07, 6.45) is 0.347. The van der Waals surface area contributed by atoms with Gasteiger partial charge in [0.2, 0.25) is 5.89 Å². The molecular formula is C11H12FN3O. The zero-order valence-corrected chi connectivity index (χ0v) is 8.90. The lowest BCUT2D eigenvalue weighted by Crippen LogP contribution is -2.05. The quantitative estimate of drug-likeness (QED) is 0.850. The van der Waals surface area contributed by atoms with Crippen LogP contribution in [0.4, 0.5) is 4.39 Å². The lowest BCUT2D eigenvalue weighted by atomic mass is 10.1. The summed E-state index contributed by atoms with van der Waals surface area (Å²) < 4.78 is 18.3.